The minimum Gasteiger partial charge on any atom is -0.366 e. The van der Waals surface area contributed by atoms with Gasteiger partial charge >= 0.3 is 0 Å². The number of nitrogen functional groups attached to an aromatic ring is 1. The predicted octanol–water partition coefficient (Wildman–Crippen LogP) is 2.75. The molecule has 0 spiro atoms. The number of sulfonamides is 1. The van der Waals surface area contributed by atoms with Gasteiger partial charge in [0, 0.05) is 22.6 Å². The summed E-state index contributed by atoms with van der Waals surface area (Å²) in [6.45, 7) is 5.15. The van der Waals surface area contributed by atoms with E-state index < -0.39 is 15.8 Å². The summed E-state index contributed by atoms with van der Waals surface area (Å²) in [5.41, 5.74) is 8.11. The molecule has 0 atom stereocenters. The van der Waals surface area contributed by atoms with E-state index >= 15 is 0 Å². The number of nitrogens with two attached hydrogens (primary N) is 1. The minimum atomic E-state index is -4.10. The molecule has 4 aromatic rings. The van der Waals surface area contributed by atoms with Crippen LogP contribution in [-0.2, 0) is 21.2 Å². The summed E-state index contributed by atoms with van der Waals surface area (Å²) in [5, 5.41) is 6.79. The van der Waals surface area contributed by atoms with Crippen molar-refractivity contribution in [3.05, 3.63) is 70.8 Å². The Bertz CT molecular complexity index is 1530. The third-order valence-electron chi connectivity index (χ3n) is 5.28. The number of amides is 1. The Labute approximate surface area is 195 Å². The highest BCUT2D eigenvalue weighted by molar-refractivity contribution is 7.92. The van der Waals surface area contributed by atoms with Gasteiger partial charge in [-0.2, -0.15) is 9.50 Å². The van der Waals surface area contributed by atoms with E-state index in [2.05, 4.69) is 25.1 Å². The van der Waals surface area contributed by atoms with E-state index in [0.717, 1.165) is 6.07 Å². The summed E-state index contributed by atoms with van der Waals surface area (Å²) in [6.07, 6.45) is -0.0240. The first-order valence-electron chi connectivity index (χ1n) is 10.2. The van der Waals surface area contributed by atoms with E-state index in [1.54, 1.807) is 32.9 Å². The highest BCUT2D eigenvalue weighted by atomic mass is 32.2. The van der Waals surface area contributed by atoms with Gasteiger partial charge in [-0.15, -0.1) is 5.10 Å². The molecule has 0 radical (unpaired) electrons. The van der Waals surface area contributed by atoms with Crippen molar-refractivity contribution in [1.82, 2.24) is 19.6 Å². The predicted molar refractivity (Wildman–Crippen MR) is 125 cm³/mol. The monoisotopic (exact) mass is 483 g/mol. The van der Waals surface area contributed by atoms with Crippen LogP contribution in [0.3, 0.4) is 0 Å². The molecule has 34 heavy (non-hydrogen) atoms. The number of halogens is 1. The maximum atomic E-state index is 14.0. The standard InChI is InChI=1S/C22H22FN7O3S/c1-12-8-9-15(10-19(12)34(32,33)29-18-7-5-4-6-17(18)23)26-20(31)11-16-13(2)25-22-27-21(24)28-30(22)14(16)3/h4-10,29H,11H2,1-3H3,(H2,24,28)(H,26,31). The summed E-state index contributed by atoms with van der Waals surface area (Å²) in [7, 11) is -4.10. The van der Waals surface area contributed by atoms with E-state index in [1.807, 2.05) is 0 Å². The van der Waals surface area contributed by atoms with Gasteiger partial charge in [-0.3, -0.25) is 9.52 Å². The summed E-state index contributed by atoms with van der Waals surface area (Å²) < 4.78 is 43.5. The highest BCUT2D eigenvalue weighted by Gasteiger charge is 2.20. The number of carbonyl (C=O) groups is 1. The van der Waals surface area contributed by atoms with Gasteiger partial charge in [-0.05, 0) is 50.6 Å². The lowest BCUT2D eigenvalue weighted by Gasteiger charge is -2.14. The fraction of sp³-hybridized carbons (Fsp3) is 0.182. The van der Waals surface area contributed by atoms with Crippen LogP contribution in [0.5, 0.6) is 0 Å². The second-order valence-corrected chi connectivity index (χ2v) is 9.38. The Kier molecular flexibility index (Phi) is 5.92. The zero-order valence-corrected chi connectivity index (χ0v) is 19.4. The Morgan fingerprint density at radius 3 is 2.59 bits per heavy atom. The van der Waals surface area contributed by atoms with E-state index in [4.69, 9.17) is 5.73 Å². The van der Waals surface area contributed by atoms with E-state index in [-0.39, 0.29) is 34.5 Å². The maximum Gasteiger partial charge on any atom is 0.262 e. The van der Waals surface area contributed by atoms with Gasteiger partial charge in [-0.25, -0.2) is 17.8 Å². The number of benzene rings is 2. The fourth-order valence-corrected chi connectivity index (χ4v) is 4.90. The first-order valence-corrected chi connectivity index (χ1v) is 11.7. The zero-order chi connectivity index (χ0) is 24.6. The number of rotatable bonds is 6. The molecule has 0 saturated carbocycles. The molecule has 0 unspecified atom stereocenters. The molecule has 0 aliphatic rings. The van der Waals surface area contributed by atoms with E-state index in [1.165, 1.54) is 28.8 Å². The van der Waals surface area contributed by atoms with Crippen LogP contribution >= 0.6 is 0 Å². The van der Waals surface area contributed by atoms with Gasteiger partial charge in [0.2, 0.25) is 11.9 Å². The van der Waals surface area contributed by atoms with Crippen molar-refractivity contribution in [3.63, 3.8) is 0 Å². The lowest BCUT2D eigenvalue weighted by Crippen LogP contribution is -2.19. The second kappa shape index (κ2) is 8.71. The Hall–Kier alpha value is -4.06. The van der Waals surface area contributed by atoms with Crippen LogP contribution in [0.1, 0.15) is 22.5 Å². The number of aromatic nitrogens is 4. The molecule has 2 aromatic heterocycles. The molecule has 2 aromatic carbocycles. The molecule has 0 fully saturated rings. The van der Waals surface area contributed by atoms with Gasteiger partial charge in [-0.1, -0.05) is 18.2 Å². The largest absolute Gasteiger partial charge is 0.366 e. The fourth-order valence-electron chi connectivity index (χ4n) is 3.56. The molecule has 0 saturated heterocycles. The Balaban J connectivity index is 1.57. The van der Waals surface area contributed by atoms with Crippen molar-refractivity contribution in [3.8, 4) is 0 Å². The second-order valence-electron chi connectivity index (χ2n) is 7.73. The topological polar surface area (TPSA) is 144 Å². The molecule has 12 heteroatoms. The molecule has 0 bridgehead atoms. The summed E-state index contributed by atoms with van der Waals surface area (Å²) in [6, 6.07) is 9.95. The van der Waals surface area contributed by atoms with Crippen molar-refractivity contribution < 1.29 is 17.6 Å². The smallest absolute Gasteiger partial charge is 0.262 e. The van der Waals surface area contributed by atoms with Crippen LogP contribution in [0.2, 0.25) is 0 Å². The van der Waals surface area contributed by atoms with Crippen LogP contribution in [0.4, 0.5) is 21.7 Å². The molecular weight excluding hydrogens is 461 g/mol. The highest BCUT2D eigenvalue weighted by Crippen LogP contribution is 2.24. The SMILES string of the molecule is Cc1ccc(NC(=O)Cc2c(C)nc3nc(N)nn3c2C)cc1S(=O)(=O)Nc1ccccc1F. The minimum absolute atomic E-state index is 0.0240. The van der Waals surface area contributed by atoms with Crippen LogP contribution in [0.15, 0.2) is 47.4 Å². The molecule has 10 nitrogen and oxygen atoms in total. The lowest BCUT2D eigenvalue weighted by molar-refractivity contribution is -0.115. The Morgan fingerprint density at radius 1 is 1.12 bits per heavy atom. The van der Waals surface area contributed by atoms with E-state index in [0.29, 0.717) is 28.3 Å². The number of hydrogen-bond donors (Lipinski definition) is 3. The first kappa shape index (κ1) is 23.1. The van der Waals surface area contributed by atoms with Gasteiger partial charge < -0.3 is 11.1 Å². The number of hydrogen-bond acceptors (Lipinski definition) is 7. The van der Waals surface area contributed by atoms with Crippen LogP contribution in [0, 0.1) is 26.6 Å². The van der Waals surface area contributed by atoms with Crippen molar-refractivity contribution >= 4 is 39.0 Å². The number of para-hydroxylation sites is 1. The summed E-state index contributed by atoms with van der Waals surface area (Å²) >= 11 is 0. The first-order chi connectivity index (χ1) is 16.0. The number of anilines is 3. The van der Waals surface area contributed by atoms with Crippen molar-refractivity contribution in [2.45, 2.75) is 32.1 Å². The number of nitrogens with zero attached hydrogens (tertiary/aromatic N) is 4. The summed E-state index contributed by atoms with van der Waals surface area (Å²) in [4.78, 5) is 21.1. The summed E-state index contributed by atoms with van der Waals surface area (Å²) in [5.74, 6) is -0.658. The molecule has 2 heterocycles. The molecule has 0 aliphatic heterocycles. The average Bonchev–Trinajstić information content (AvgIpc) is 3.14. The number of aryl methyl sites for hydroxylation is 3. The number of carbonyl (C=O) groups excluding carboxylic acids is 1. The molecule has 0 aliphatic carbocycles. The molecule has 1 amide bonds. The maximum absolute atomic E-state index is 14.0. The lowest BCUT2D eigenvalue weighted by atomic mass is 10.1. The van der Waals surface area contributed by atoms with Crippen LogP contribution in [0.25, 0.3) is 5.78 Å². The number of fused-ring (bicyclic) bond motifs is 1. The molecule has 176 valence electrons. The molecular formula is C22H22FN7O3S. The van der Waals surface area contributed by atoms with Crippen molar-refractivity contribution in [2.24, 2.45) is 0 Å². The third-order valence-corrected chi connectivity index (χ3v) is 6.79. The third kappa shape index (κ3) is 4.53. The quantitative estimate of drug-likeness (QED) is 0.382. The van der Waals surface area contributed by atoms with Crippen molar-refractivity contribution in [1.29, 1.82) is 0 Å². The van der Waals surface area contributed by atoms with Gasteiger partial charge in [0.15, 0.2) is 0 Å². The van der Waals surface area contributed by atoms with Gasteiger partial charge in [0.1, 0.15) is 5.82 Å². The zero-order valence-electron chi connectivity index (χ0n) is 18.6. The van der Waals surface area contributed by atoms with Gasteiger partial charge in [0.05, 0.1) is 17.0 Å². The molecule has 4 rings (SSSR count). The van der Waals surface area contributed by atoms with Crippen LogP contribution < -0.4 is 15.8 Å². The normalized spacial score (nSPS) is 11.5. The molecule has 4 N–H and O–H groups in total. The van der Waals surface area contributed by atoms with Crippen LogP contribution in [-0.4, -0.2) is 33.9 Å². The van der Waals surface area contributed by atoms with Gasteiger partial charge in [0.25, 0.3) is 15.8 Å². The van der Waals surface area contributed by atoms with E-state index in [9.17, 15) is 17.6 Å². The number of nitrogens with one attached hydrogen (secondary N) is 2. The Morgan fingerprint density at radius 2 is 1.85 bits per heavy atom. The average molecular weight is 484 g/mol. The van der Waals surface area contributed by atoms with Crippen molar-refractivity contribution in [2.75, 3.05) is 15.8 Å².